The maximum Gasteiger partial charge on any atom is 0.171 e. The number of hydrogen-bond donors (Lipinski definition) is 2. The quantitative estimate of drug-likeness (QED) is 0.617. The number of thiocarbonyl (C=S) groups is 1. The van der Waals surface area contributed by atoms with Crippen LogP contribution in [0.1, 0.15) is 31.9 Å². The summed E-state index contributed by atoms with van der Waals surface area (Å²) < 4.78 is 6.26. The molecule has 0 aliphatic rings. The van der Waals surface area contributed by atoms with E-state index in [9.17, 15) is 0 Å². The van der Waals surface area contributed by atoms with Gasteiger partial charge in [-0.2, -0.15) is 0 Å². The van der Waals surface area contributed by atoms with Crippen molar-refractivity contribution >= 4 is 38.9 Å². The lowest BCUT2D eigenvalue weighted by Gasteiger charge is -2.23. The highest BCUT2D eigenvalue weighted by Gasteiger charge is 2.15. The van der Waals surface area contributed by atoms with Gasteiger partial charge in [0.1, 0.15) is 5.75 Å². The van der Waals surface area contributed by atoms with Gasteiger partial charge in [0, 0.05) is 10.2 Å². The summed E-state index contributed by atoms with van der Waals surface area (Å²) in [6, 6.07) is 16.2. The molecule has 0 aromatic heterocycles. The average molecular weight is 407 g/mol. The first kappa shape index (κ1) is 18.7. The molecule has 0 heterocycles. The van der Waals surface area contributed by atoms with E-state index < -0.39 is 0 Å². The minimum atomic E-state index is 0.156. The molecule has 2 N–H and O–H groups in total. The third kappa shape index (κ3) is 5.80. The molecule has 0 bridgehead atoms. The minimum absolute atomic E-state index is 0.156. The number of ether oxygens (including phenoxy) is 1. The number of rotatable bonds is 6. The van der Waals surface area contributed by atoms with E-state index in [1.165, 1.54) is 5.56 Å². The van der Waals surface area contributed by atoms with Gasteiger partial charge in [-0.15, -0.1) is 0 Å². The molecule has 0 radical (unpaired) electrons. The summed E-state index contributed by atoms with van der Waals surface area (Å²) in [7, 11) is 1.68. The van der Waals surface area contributed by atoms with Crippen LogP contribution in [0.2, 0.25) is 0 Å². The lowest BCUT2D eigenvalue weighted by Crippen LogP contribution is -2.33. The monoisotopic (exact) mass is 406 g/mol. The molecule has 24 heavy (non-hydrogen) atoms. The van der Waals surface area contributed by atoms with Crippen LogP contribution >= 0.6 is 28.1 Å². The molecule has 0 saturated carbocycles. The topological polar surface area (TPSA) is 33.3 Å². The Kier molecular flexibility index (Phi) is 7.06. The third-order valence-corrected chi connectivity index (χ3v) is 4.33. The fraction of sp³-hybridized carbons (Fsp3) is 0.316. The van der Waals surface area contributed by atoms with Crippen molar-refractivity contribution in [3.8, 4) is 5.75 Å². The summed E-state index contributed by atoms with van der Waals surface area (Å²) in [6.45, 7) is 4.42. The second-order valence-corrected chi connectivity index (χ2v) is 7.39. The molecule has 0 aliphatic heterocycles. The van der Waals surface area contributed by atoms with Gasteiger partial charge in [-0.25, -0.2) is 0 Å². The Balaban J connectivity index is 2.08. The van der Waals surface area contributed by atoms with E-state index in [2.05, 4.69) is 52.5 Å². The number of hydrogen-bond acceptors (Lipinski definition) is 2. The number of methoxy groups -OCH3 is 1. The highest BCUT2D eigenvalue weighted by atomic mass is 79.9. The summed E-state index contributed by atoms with van der Waals surface area (Å²) in [4.78, 5) is 0. The van der Waals surface area contributed by atoms with Crippen molar-refractivity contribution in [1.29, 1.82) is 0 Å². The fourth-order valence-electron chi connectivity index (χ4n) is 2.48. The van der Waals surface area contributed by atoms with E-state index >= 15 is 0 Å². The van der Waals surface area contributed by atoms with Gasteiger partial charge < -0.3 is 15.4 Å². The van der Waals surface area contributed by atoms with Gasteiger partial charge in [0.05, 0.1) is 13.2 Å². The zero-order chi connectivity index (χ0) is 17.5. The van der Waals surface area contributed by atoms with Gasteiger partial charge in [0.2, 0.25) is 0 Å². The summed E-state index contributed by atoms with van der Waals surface area (Å²) in [6.07, 6.45) is 0.993. The standard InChI is InChI=1S/C19H23BrN2OS/c1-13(2)11-18(14-7-9-17(23-3)10-8-14)22-19(24)21-16-6-4-5-15(20)12-16/h4-10,12-13,18H,11H2,1-3H3,(H2,21,22,24)/t18-/m1/s1. The summed E-state index contributed by atoms with van der Waals surface area (Å²) >= 11 is 8.97. The molecule has 128 valence electrons. The van der Waals surface area contributed by atoms with Gasteiger partial charge in [0.15, 0.2) is 5.11 Å². The lowest BCUT2D eigenvalue weighted by molar-refractivity contribution is 0.414. The van der Waals surface area contributed by atoms with Crippen LogP contribution in [-0.4, -0.2) is 12.2 Å². The van der Waals surface area contributed by atoms with E-state index in [0.29, 0.717) is 11.0 Å². The van der Waals surface area contributed by atoms with E-state index in [-0.39, 0.29) is 6.04 Å². The number of anilines is 1. The predicted molar refractivity (Wildman–Crippen MR) is 109 cm³/mol. The van der Waals surface area contributed by atoms with E-state index in [0.717, 1.165) is 22.3 Å². The zero-order valence-corrected chi connectivity index (χ0v) is 16.6. The molecule has 2 rings (SSSR count). The van der Waals surface area contributed by atoms with E-state index in [1.54, 1.807) is 7.11 Å². The van der Waals surface area contributed by atoms with Crippen LogP contribution in [-0.2, 0) is 0 Å². The molecule has 0 unspecified atom stereocenters. The van der Waals surface area contributed by atoms with Gasteiger partial charge >= 0.3 is 0 Å². The van der Waals surface area contributed by atoms with Gasteiger partial charge in [-0.1, -0.05) is 48.0 Å². The molecule has 0 saturated heterocycles. The SMILES string of the molecule is COc1ccc([C@@H](CC(C)C)NC(=S)Nc2cccc(Br)c2)cc1. The first-order chi connectivity index (χ1) is 11.5. The second kappa shape index (κ2) is 9.04. The highest BCUT2D eigenvalue weighted by molar-refractivity contribution is 9.10. The Morgan fingerprint density at radius 3 is 2.46 bits per heavy atom. The first-order valence-corrected chi connectivity index (χ1v) is 9.15. The van der Waals surface area contributed by atoms with Crippen LogP contribution in [0.5, 0.6) is 5.75 Å². The van der Waals surface area contributed by atoms with Crippen molar-refractivity contribution in [3.05, 3.63) is 58.6 Å². The third-order valence-electron chi connectivity index (χ3n) is 3.61. The molecule has 2 aromatic carbocycles. The second-order valence-electron chi connectivity index (χ2n) is 6.06. The first-order valence-electron chi connectivity index (χ1n) is 7.95. The zero-order valence-electron chi connectivity index (χ0n) is 14.2. The van der Waals surface area contributed by atoms with Crippen molar-refractivity contribution in [3.63, 3.8) is 0 Å². The Bertz CT molecular complexity index is 673. The van der Waals surface area contributed by atoms with Crippen LogP contribution in [0, 0.1) is 5.92 Å². The molecule has 0 fully saturated rings. The Morgan fingerprint density at radius 2 is 1.88 bits per heavy atom. The van der Waals surface area contributed by atoms with Crippen molar-refractivity contribution in [2.45, 2.75) is 26.3 Å². The molecule has 0 amide bonds. The molecule has 3 nitrogen and oxygen atoms in total. The Morgan fingerprint density at radius 1 is 1.17 bits per heavy atom. The summed E-state index contributed by atoms with van der Waals surface area (Å²) in [5.74, 6) is 1.41. The fourth-order valence-corrected chi connectivity index (χ4v) is 3.14. The molecular formula is C19H23BrN2OS. The molecular weight excluding hydrogens is 384 g/mol. The normalized spacial score (nSPS) is 11.9. The Hall–Kier alpha value is -1.59. The van der Waals surface area contributed by atoms with Crippen LogP contribution < -0.4 is 15.4 Å². The predicted octanol–water partition coefficient (Wildman–Crippen LogP) is 5.53. The van der Waals surface area contributed by atoms with Gasteiger partial charge in [-0.05, 0) is 60.5 Å². The van der Waals surface area contributed by atoms with Gasteiger partial charge in [-0.3, -0.25) is 0 Å². The van der Waals surface area contributed by atoms with Crippen molar-refractivity contribution in [1.82, 2.24) is 5.32 Å². The number of halogens is 1. The van der Waals surface area contributed by atoms with Crippen molar-refractivity contribution < 1.29 is 4.74 Å². The van der Waals surface area contributed by atoms with Crippen LogP contribution in [0.15, 0.2) is 53.0 Å². The van der Waals surface area contributed by atoms with Crippen LogP contribution in [0.3, 0.4) is 0 Å². The average Bonchev–Trinajstić information content (AvgIpc) is 2.54. The number of nitrogens with one attached hydrogen (secondary N) is 2. The van der Waals surface area contributed by atoms with E-state index in [4.69, 9.17) is 17.0 Å². The minimum Gasteiger partial charge on any atom is -0.497 e. The summed E-state index contributed by atoms with van der Waals surface area (Å²) in [5.41, 5.74) is 2.16. The van der Waals surface area contributed by atoms with Crippen molar-refractivity contribution in [2.75, 3.05) is 12.4 Å². The van der Waals surface area contributed by atoms with Crippen LogP contribution in [0.4, 0.5) is 5.69 Å². The maximum atomic E-state index is 5.49. The van der Waals surface area contributed by atoms with E-state index in [1.807, 2.05) is 36.4 Å². The van der Waals surface area contributed by atoms with Crippen molar-refractivity contribution in [2.24, 2.45) is 5.92 Å². The largest absolute Gasteiger partial charge is 0.497 e. The maximum absolute atomic E-state index is 5.49. The smallest absolute Gasteiger partial charge is 0.171 e. The number of benzene rings is 2. The molecule has 1 atom stereocenters. The lowest BCUT2D eigenvalue weighted by atomic mass is 9.97. The molecule has 2 aromatic rings. The molecule has 0 aliphatic carbocycles. The highest BCUT2D eigenvalue weighted by Crippen LogP contribution is 2.24. The summed E-state index contributed by atoms with van der Waals surface area (Å²) in [5, 5.41) is 7.30. The molecule has 5 heteroatoms. The van der Waals surface area contributed by atoms with Gasteiger partial charge in [0.25, 0.3) is 0 Å². The Labute approximate surface area is 157 Å². The molecule has 0 spiro atoms. The van der Waals surface area contributed by atoms with Crippen LogP contribution in [0.25, 0.3) is 0 Å².